The molecule has 0 saturated carbocycles. The third-order valence-electron chi connectivity index (χ3n) is 2.36. The van der Waals surface area contributed by atoms with Gasteiger partial charge in [-0.1, -0.05) is 24.0 Å². The van der Waals surface area contributed by atoms with Crippen molar-refractivity contribution in [3.63, 3.8) is 0 Å². The van der Waals surface area contributed by atoms with Crippen molar-refractivity contribution in [2.75, 3.05) is 13.2 Å². The van der Waals surface area contributed by atoms with Crippen molar-refractivity contribution in [2.45, 2.75) is 32.9 Å². The van der Waals surface area contributed by atoms with Gasteiger partial charge in [0.25, 0.3) is 0 Å². The molecule has 1 aromatic carbocycles. The van der Waals surface area contributed by atoms with Crippen molar-refractivity contribution in [2.24, 2.45) is 0 Å². The molecular weight excluding hydrogens is 254 g/mol. The Labute approximate surface area is 120 Å². The highest BCUT2D eigenvalue weighted by Crippen LogP contribution is 2.06. The standard InChI is InChI=1S/C16H21NO3/c1-16(2,3)20-12-15(19)17-11-14-7-4-6-13(10-14)8-5-9-18/h4,6-7,10,18H,9,11-12H2,1-3H3,(H,17,19). The summed E-state index contributed by atoms with van der Waals surface area (Å²) in [5.41, 5.74) is 1.45. The minimum atomic E-state index is -0.322. The molecule has 1 rings (SSSR count). The van der Waals surface area contributed by atoms with E-state index >= 15 is 0 Å². The van der Waals surface area contributed by atoms with Crippen molar-refractivity contribution < 1.29 is 14.6 Å². The zero-order chi connectivity index (χ0) is 15.0. The van der Waals surface area contributed by atoms with Crippen LogP contribution < -0.4 is 5.32 Å². The molecule has 108 valence electrons. The van der Waals surface area contributed by atoms with Gasteiger partial charge >= 0.3 is 0 Å². The maximum absolute atomic E-state index is 11.6. The summed E-state index contributed by atoms with van der Waals surface area (Å²) in [7, 11) is 0. The summed E-state index contributed by atoms with van der Waals surface area (Å²) in [4.78, 5) is 11.6. The Balaban J connectivity index is 2.47. The first kappa shape index (κ1) is 16.2. The van der Waals surface area contributed by atoms with E-state index in [0.29, 0.717) is 6.54 Å². The molecule has 0 fully saturated rings. The zero-order valence-corrected chi connectivity index (χ0v) is 12.2. The van der Waals surface area contributed by atoms with Crippen molar-refractivity contribution in [1.29, 1.82) is 0 Å². The van der Waals surface area contributed by atoms with Crippen LogP contribution in [0.1, 0.15) is 31.9 Å². The molecule has 0 unspecified atom stereocenters. The Morgan fingerprint density at radius 2 is 2.15 bits per heavy atom. The number of hydrogen-bond donors (Lipinski definition) is 2. The normalized spacial score (nSPS) is 10.6. The third-order valence-corrected chi connectivity index (χ3v) is 2.36. The Kier molecular flexibility index (Phi) is 6.23. The van der Waals surface area contributed by atoms with Crippen molar-refractivity contribution in [1.82, 2.24) is 5.32 Å². The highest BCUT2D eigenvalue weighted by Gasteiger charge is 2.12. The van der Waals surface area contributed by atoms with Gasteiger partial charge in [0.05, 0.1) is 5.60 Å². The lowest BCUT2D eigenvalue weighted by Gasteiger charge is -2.19. The first-order chi connectivity index (χ1) is 9.40. The molecule has 1 amide bonds. The number of rotatable bonds is 4. The summed E-state index contributed by atoms with van der Waals surface area (Å²) < 4.78 is 5.39. The first-order valence-electron chi connectivity index (χ1n) is 6.50. The fourth-order valence-corrected chi connectivity index (χ4v) is 1.43. The molecule has 0 aromatic heterocycles. The molecule has 2 N–H and O–H groups in total. The summed E-state index contributed by atoms with van der Waals surface area (Å²) in [6, 6.07) is 7.52. The van der Waals surface area contributed by atoms with Gasteiger partial charge in [0.1, 0.15) is 13.2 Å². The lowest BCUT2D eigenvalue weighted by Crippen LogP contribution is -2.31. The molecule has 20 heavy (non-hydrogen) atoms. The Bertz CT molecular complexity index is 506. The summed E-state index contributed by atoms with van der Waals surface area (Å²) in [5, 5.41) is 11.4. The van der Waals surface area contributed by atoms with E-state index in [2.05, 4.69) is 17.2 Å². The van der Waals surface area contributed by atoms with E-state index in [9.17, 15) is 4.79 Å². The average molecular weight is 275 g/mol. The molecule has 4 heteroatoms. The first-order valence-corrected chi connectivity index (χ1v) is 6.50. The monoisotopic (exact) mass is 275 g/mol. The molecule has 0 bridgehead atoms. The number of hydrogen-bond acceptors (Lipinski definition) is 3. The number of carbonyl (C=O) groups excluding carboxylic acids is 1. The van der Waals surface area contributed by atoms with E-state index in [4.69, 9.17) is 9.84 Å². The fraction of sp³-hybridized carbons (Fsp3) is 0.438. The number of aliphatic hydroxyl groups excluding tert-OH is 1. The van der Waals surface area contributed by atoms with Gasteiger partial charge in [0.2, 0.25) is 5.91 Å². The van der Waals surface area contributed by atoms with Gasteiger partial charge in [0.15, 0.2) is 0 Å². The topological polar surface area (TPSA) is 58.6 Å². The van der Waals surface area contributed by atoms with Crippen LogP contribution in [-0.4, -0.2) is 29.8 Å². The fourth-order valence-electron chi connectivity index (χ4n) is 1.43. The van der Waals surface area contributed by atoms with E-state index in [0.717, 1.165) is 11.1 Å². The van der Waals surface area contributed by atoms with Crippen LogP contribution in [0.5, 0.6) is 0 Å². The number of carbonyl (C=O) groups is 1. The number of benzene rings is 1. The second-order valence-corrected chi connectivity index (χ2v) is 5.34. The minimum Gasteiger partial charge on any atom is -0.384 e. The van der Waals surface area contributed by atoms with Crippen LogP contribution in [0.25, 0.3) is 0 Å². The van der Waals surface area contributed by atoms with Crippen LogP contribution in [-0.2, 0) is 16.1 Å². The van der Waals surface area contributed by atoms with E-state index in [1.54, 1.807) is 0 Å². The van der Waals surface area contributed by atoms with Crippen LogP contribution in [0.15, 0.2) is 24.3 Å². The lowest BCUT2D eigenvalue weighted by atomic mass is 10.1. The molecule has 4 nitrogen and oxygen atoms in total. The number of aliphatic hydroxyl groups is 1. The molecule has 1 aromatic rings. The predicted octanol–water partition coefficient (Wildman–Crippen LogP) is 1.46. The van der Waals surface area contributed by atoms with E-state index < -0.39 is 0 Å². The van der Waals surface area contributed by atoms with Gasteiger partial charge in [-0.2, -0.15) is 0 Å². The molecule has 0 spiro atoms. The molecule has 0 aliphatic rings. The number of nitrogens with one attached hydrogen (secondary N) is 1. The van der Waals surface area contributed by atoms with Gasteiger partial charge in [0, 0.05) is 12.1 Å². The summed E-state index contributed by atoms with van der Waals surface area (Å²) in [5.74, 6) is 5.28. The van der Waals surface area contributed by atoms with Crippen LogP contribution >= 0.6 is 0 Å². The van der Waals surface area contributed by atoms with Crippen LogP contribution in [0.4, 0.5) is 0 Å². The quantitative estimate of drug-likeness (QED) is 0.818. The SMILES string of the molecule is CC(C)(C)OCC(=O)NCc1cccc(C#CCO)c1. The summed E-state index contributed by atoms with van der Waals surface area (Å²) >= 11 is 0. The van der Waals surface area contributed by atoms with Gasteiger partial charge in [-0.3, -0.25) is 4.79 Å². The van der Waals surface area contributed by atoms with E-state index in [1.165, 1.54) is 0 Å². The highest BCUT2D eigenvalue weighted by molar-refractivity contribution is 5.77. The minimum absolute atomic E-state index is 0.0491. The Morgan fingerprint density at radius 1 is 1.40 bits per heavy atom. The second-order valence-electron chi connectivity index (χ2n) is 5.34. The second kappa shape index (κ2) is 7.68. The Morgan fingerprint density at radius 3 is 2.80 bits per heavy atom. The van der Waals surface area contributed by atoms with E-state index in [1.807, 2.05) is 45.0 Å². The number of ether oxygens (including phenoxy) is 1. The zero-order valence-electron chi connectivity index (χ0n) is 12.2. The van der Waals surface area contributed by atoms with Gasteiger partial charge in [-0.05, 0) is 38.5 Å². The lowest BCUT2D eigenvalue weighted by molar-refractivity contribution is -0.130. The van der Waals surface area contributed by atoms with Crippen LogP contribution in [0, 0.1) is 11.8 Å². The maximum Gasteiger partial charge on any atom is 0.246 e. The molecule has 0 atom stereocenters. The summed E-state index contributed by atoms with van der Waals surface area (Å²) in [6.45, 7) is 6.04. The molecule has 0 saturated heterocycles. The Hall–Kier alpha value is -1.83. The van der Waals surface area contributed by atoms with Gasteiger partial charge in [-0.15, -0.1) is 0 Å². The molecule has 0 radical (unpaired) electrons. The van der Waals surface area contributed by atoms with Crippen LogP contribution in [0.3, 0.4) is 0 Å². The molecule has 0 aliphatic heterocycles. The predicted molar refractivity (Wildman–Crippen MR) is 78.0 cm³/mol. The number of amides is 1. The molecular formula is C16H21NO3. The highest BCUT2D eigenvalue weighted by atomic mass is 16.5. The summed E-state index contributed by atoms with van der Waals surface area (Å²) in [6.07, 6.45) is 0. The largest absolute Gasteiger partial charge is 0.384 e. The van der Waals surface area contributed by atoms with Crippen molar-refractivity contribution in [3.05, 3.63) is 35.4 Å². The van der Waals surface area contributed by atoms with Crippen molar-refractivity contribution in [3.8, 4) is 11.8 Å². The van der Waals surface area contributed by atoms with E-state index in [-0.39, 0.29) is 24.7 Å². The van der Waals surface area contributed by atoms with Crippen molar-refractivity contribution >= 4 is 5.91 Å². The smallest absolute Gasteiger partial charge is 0.246 e. The molecule has 0 aliphatic carbocycles. The van der Waals surface area contributed by atoms with Gasteiger partial charge in [-0.25, -0.2) is 0 Å². The van der Waals surface area contributed by atoms with Gasteiger partial charge < -0.3 is 15.2 Å². The van der Waals surface area contributed by atoms with Crippen LogP contribution in [0.2, 0.25) is 0 Å². The average Bonchev–Trinajstić information content (AvgIpc) is 2.40. The molecule has 0 heterocycles. The third kappa shape index (κ3) is 6.93. The maximum atomic E-state index is 11.6.